The fourth-order valence-electron chi connectivity index (χ4n) is 5.64. The number of aromatic amines is 1. The molecule has 0 saturated carbocycles. The number of Topliss-reactive ketones (excluding diaryl/α,β-unsaturated/α-hetero) is 1. The standard InChI is InChI=1S/C28H33N3O2/c1-2-6-27(32)20-7-5-8-21(15-20)28(33)30-22-10-11-26-24(17-22)25(18-29-26)19-12-14-31-13-4-3-9-23(31)16-19/h5,7-8,10-11,15,17-19,23,29H,2-4,6,9,12-14,16H2,1H3,(H,30,33). The number of carbonyl (C=O) groups excluding carboxylic acids is 2. The van der Waals surface area contributed by atoms with E-state index >= 15 is 0 Å². The van der Waals surface area contributed by atoms with Crippen LogP contribution >= 0.6 is 0 Å². The topological polar surface area (TPSA) is 65.2 Å². The van der Waals surface area contributed by atoms with E-state index in [4.69, 9.17) is 0 Å². The van der Waals surface area contributed by atoms with Gasteiger partial charge < -0.3 is 15.2 Å². The zero-order chi connectivity index (χ0) is 22.8. The van der Waals surface area contributed by atoms with Gasteiger partial charge in [-0.25, -0.2) is 0 Å². The molecular formula is C28H33N3O2. The van der Waals surface area contributed by atoms with Gasteiger partial charge in [-0.3, -0.25) is 9.59 Å². The van der Waals surface area contributed by atoms with E-state index < -0.39 is 0 Å². The number of nitrogens with zero attached hydrogens (tertiary/aromatic N) is 1. The summed E-state index contributed by atoms with van der Waals surface area (Å²) in [6.45, 7) is 4.43. The third-order valence-electron chi connectivity index (χ3n) is 7.41. The molecule has 1 amide bonds. The molecule has 2 atom stereocenters. The monoisotopic (exact) mass is 443 g/mol. The molecule has 5 heteroatoms. The van der Waals surface area contributed by atoms with Crippen molar-refractivity contribution in [2.24, 2.45) is 0 Å². The first-order valence-corrected chi connectivity index (χ1v) is 12.4. The van der Waals surface area contributed by atoms with E-state index in [9.17, 15) is 9.59 Å². The van der Waals surface area contributed by atoms with Gasteiger partial charge >= 0.3 is 0 Å². The van der Waals surface area contributed by atoms with Gasteiger partial charge in [-0.1, -0.05) is 25.5 Å². The van der Waals surface area contributed by atoms with Gasteiger partial charge in [-0.2, -0.15) is 0 Å². The molecule has 0 spiro atoms. The summed E-state index contributed by atoms with van der Waals surface area (Å²) in [5.41, 5.74) is 4.38. The number of fused-ring (bicyclic) bond motifs is 2. The summed E-state index contributed by atoms with van der Waals surface area (Å²) in [6.07, 6.45) is 9.89. The van der Waals surface area contributed by atoms with Crippen molar-refractivity contribution < 1.29 is 9.59 Å². The number of H-pyrrole nitrogens is 1. The lowest BCUT2D eigenvalue weighted by molar-refractivity contribution is 0.0977. The molecular weight excluding hydrogens is 410 g/mol. The lowest BCUT2D eigenvalue weighted by atomic mass is 9.82. The van der Waals surface area contributed by atoms with Gasteiger partial charge in [-0.05, 0) is 87.0 Å². The first-order chi connectivity index (χ1) is 16.1. The van der Waals surface area contributed by atoms with Crippen molar-refractivity contribution in [3.05, 3.63) is 65.4 Å². The minimum Gasteiger partial charge on any atom is -0.361 e. The second kappa shape index (κ2) is 9.52. The maximum atomic E-state index is 12.9. The van der Waals surface area contributed by atoms with Gasteiger partial charge in [0.2, 0.25) is 0 Å². The van der Waals surface area contributed by atoms with E-state index in [2.05, 4.69) is 27.5 Å². The molecule has 33 heavy (non-hydrogen) atoms. The van der Waals surface area contributed by atoms with Crippen LogP contribution in [0.2, 0.25) is 0 Å². The number of hydrogen-bond donors (Lipinski definition) is 2. The summed E-state index contributed by atoms with van der Waals surface area (Å²) in [4.78, 5) is 31.3. The van der Waals surface area contributed by atoms with Crippen LogP contribution in [0.25, 0.3) is 10.9 Å². The van der Waals surface area contributed by atoms with Gasteiger partial charge in [0.25, 0.3) is 5.91 Å². The highest BCUT2D eigenvalue weighted by Crippen LogP contribution is 2.38. The van der Waals surface area contributed by atoms with Crippen molar-refractivity contribution in [2.75, 3.05) is 18.4 Å². The molecule has 5 nitrogen and oxygen atoms in total. The number of nitrogens with one attached hydrogen (secondary N) is 2. The molecule has 0 aliphatic carbocycles. The lowest BCUT2D eigenvalue weighted by Gasteiger charge is -2.42. The van der Waals surface area contributed by atoms with Crippen molar-refractivity contribution in [1.82, 2.24) is 9.88 Å². The molecule has 2 aromatic carbocycles. The normalized spacial score (nSPS) is 21.0. The molecule has 0 radical (unpaired) electrons. The minimum atomic E-state index is -0.187. The van der Waals surface area contributed by atoms with Crippen molar-refractivity contribution in [1.29, 1.82) is 0 Å². The Labute approximate surface area is 195 Å². The van der Waals surface area contributed by atoms with Crippen molar-refractivity contribution in [3.63, 3.8) is 0 Å². The third kappa shape index (κ3) is 4.60. The van der Waals surface area contributed by atoms with Crippen LogP contribution in [0.15, 0.2) is 48.7 Å². The van der Waals surface area contributed by atoms with Crippen LogP contribution in [-0.4, -0.2) is 40.7 Å². The highest BCUT2D eigenvalue weighted by atomic mass is 16.1. The van der Waals surface area contributed by atoms with Crippen LogP contribution in [0.5, 0.6) is 0 Å². The average molecular weight is 444 g/mol. The summed E-state index contributed by atoms with van der Waals surface area (Å²) in [6, 6.07) is 13.8. The van der Waals surface area contributed by atoms with Gasteiger partial charge in [0, 0.05) is 46.4 Å². The van der Waals surface area contributed by atoms with Crippen LogP contribution in [0.4, 0.5) is 5.69 Å². The molecule has 0 bridgehead atoms. The van der Waals surface area contributed by atoms with Gasteiger partial charge in [0.1, 0.15) is 0 Å². The molecule has 1 aromatic heterocycles. The summed E-state index contributed by atoms with van der Waals surface area (Å²) in [5, 5.41) is 4.24. The molecule has 3 aromatic rings. The van der Waals surface area contributed by atoms with E-state index in [1.54, 1.807) is 24.3 Å². The van der Waals surface area contributed by atoms with Crippen LogP contribution in [0, 0.1) is 0 Å². The number of piperidine rings is 2. The van der Waals surface area contributed by atoms with Crippen LogP contribution < -0.4 is 5.32 Å². The lowest BCUT2D eigenvalue weighted by Crippen LogP contribution is -2.44. The Morgan fingerprint density at radius 2 is 1.94 bits per heavy atom. The summed E-state index contributed by atoms with van der Waals surface area (Å²) in [7, 11) is 0. The maximum Gasteiger partial charge on any atom is 0.255 e. The van der Waals surface area contributed by atoms with Gasteiger partial charge in [-0.15, -0.1) is 0 Å². The fraction of sp³-hybridized carbons (Fsp3) is 0.429. The van der Waals surface area contributed by atoms with Crippen molar-refractivity contribution >= 4 is 28.3 Å². The predicted molar refractivity (Wildman–Crippen MR) is 133 cm³/mol. The summed E-state index contributed by atoms with van der Waals surface area (Å²) in [5.74, 6) is 0.452. The second-order valence-corrected chi connectivity index (χ2v) is 9.62. The molecule has 2 fully saturated rings. The van der Waals surface area contributed by atoms with E-state index in [-0.39, 0.29) is 11.7 Å². The molecule has 5 rings (SSSR count). The zero-order valence-electron chi connectivity index (χ0n) is 19.4. The Hall–Kier alpha value is -2.92. The number of carbonyl (C=O) groups is 2. The highest BCUT2D eigenvalue weighted by molar-refractivity contribution is 6.07. The first kappa shape index (κ1) is 21.9. The maximum absolute atomic E-state index is 12.9. The smallest absolute Gasteiger partial charge is 0.255 e. The number of anilines is 1. The first-order valence-electron chi connectivity index (χ1n) is 12.4. The number of aromatic nitrogens is 1. The van der Waals surface area contributed by atoms with E-state index in [0.717, 1.165) is 17.6 Å². The van der Waals surface area contributed by atoms with E-state index in [0.29, 0.717) is 29.5 Å². The van der Waals surface area contributed by atoms with Gasteiger partial charge in [0.05, 0.1) is 0 Å². The molecule has 2 unspecified atom stereocenters. The Bertz CT molecular complexity index is 1160. The Balaban J connectivity index is 1.34. The molecule has 2 saturated heterocycles. The SMILES string of the molecule is CCCC(=O)c1cccc(C(=O)Nc2ccc3[nH]cc(C4CCN5CCCCC5C4)c3c2)c1. The number of ketones is 1. The predicted octanol–water partition coefficient (Wildman–Crippen LogP) is 6.13. The Kier molecular flexibility index (Phi) is 6.32. The quantitative estimate of drug-likeness (QED) is 0.450. The third-order valence-corrected chi connectivity index (χ3v) is 7.41. The van der Waals surface area contributed by atoms with E-state index in [1.165, 1.54) is 56.1 Å². The fourth-order valence-corrected chi connectivity index (χ4v) is 5.64. The highest BCUT2D eigenvalue weighted by Gasteiger charge is 2.31. The Morgan fingerprint density at radius 1 is 1.06 bits per heavy atom. The summed E-state index contributed by atoms with van der Waals surface area (Å²) >= 11 is 0. The van der Waals surface area contributed by atoms with Crippen LogP contribution in [0.1, 0.15) is 84.1 Å². The van der Waals surface area contributed by atoms with Gasteiger partial charge in [0.15, 0.2) is 5.78 Å². The number of benzene rings is 2. The number of amides is 1. The zero-order valence-corrected chi connectivity index (χ0v) is 19.4. The average Bonchev–Trinajstić information content (AvgIpc) is 3.27. The molecule has 2 N–H and O–H groups in total. The Morgan fingerprint density at radius 3 is 2.82 bits per heavy atom. The van der Waals surface area contributed by atoms with Crippen molar-refractivity contribution in [2.45, 2.75) is 63.8 Å². The summed E-state index contributed by atoms with van der Waals surface area (Å²) < 4.78 is 0. The largest absolute Gasteiger partial charge is 0.361 e. The van der Waals surface area contributed by atoms with E-state index in [1.807, 2.05) is 19.1 Å². The number of rotatable bonds is 6. The van der Waals surface area contributed by atoms with Crippen LogP contribution in [0.3, 0.4) is 0 Å². The van der Waals surface area contributed by atoms with Crippen LogP contribution in [-0.2, 0) is 0 Å². The molecule has 3 heterocycles. The number of hydrogen-bond acceptors (Lipinski definition) is 3. The van der Waals surface area contributed by atoms with Crippen molar-refractivity contribution in [3.8, 4) is 0 Å². The second-order valence-electron chi connectivity index (χ2n) is 9.62. The minimum absolute atomic E-state index is 0.0783. The molecule has 172 valence electrons. The molecule has 2 aliphatic heterocycles. The molecule has 2 aliphatic rings.